The zero-order valence-corrected chi connectivity index (χ0v) is 8.60. The third-order valence-electron chi connectivity index (χ3n) is 2.48. The average molecular weight is 189 g/mol. The largest absolute Gasteiger partial charge is 0.235 e. The van der Waals surface area contributed by atoms with Crippen LogP contribution in [0.2, 0.25) is 0 Å². The molecule has 2 atom stereocenters. The van der Waals surface area contributed by atoms with Crippen molar-refractivity contribution in [1.29, 1.82) is 0 Å². The van der Waals surface area contributed by atoms with Gasteiger partial charge in [-0.2, -0.15) is 0 Å². The molecular formula is C12H15NO. The maximum Gasteiger partial charge on any atom is 0.235 e. The van der Waals surface area contributed by atoms with E-state index in [9.17, 15) is 4.79 Å². The van der Waals surface area contributed by atoms with E-state index in [-0.39, 0.29) is 6.04 Å². The molecule has 0 saturated carbocycles. The molecule has 0 amide bonds. The molecule has 0 fully saturated rings. The van der Waals surface area contributed by atoms with Crippen LogP contribution in [0, 0.1) is 5.92 Å². The van der Waals surface area contributed by atoms with Gasteiger partial charge in [0.05, 0.1) is 6.04 Å². The van der Waals surface area contributed by atoms with Crippen LogP contribution in [-0.2, 0) is 11.2 Å². The van der Waals surface area contributed by atoms with E-state index >= 15 is 0 Å². The van der Waals surface area contributed by atoms with Gasteiger partial charge in [0.15, 0.2) is 0 Å². The molecule has 14 heavy (non-hydrogen) atoms. The van der Waals surface area contributed by atoms with Gasteiger partial charge in [-0.15, -0.1) is 0 Å². The summed E-state index contributed by atoms with van der Waals surface area (Å²) in [5.74, 6) is 0.374. The molecule has 0 N–H and O–H groups in total. The van der Waals surface area contributed by atoms with Crippen LogP contribution < -0.4 is 0 Å². The lowest BCUT2D eigenvalue weighted by atomic mass is 9.95. The van der Waals surface area contributed by atoms with E-state index in [4.69, 9.17) is 0 Å². The molecular weight excluding hydrogens is 174 g/mol. The van der Waals surface area contributed by atoms with Crippen molar-refractivity contribution in [3.8, 4) is 0 Å². The number of benzene rings is 1. The van der Waals surface area contributed by atoms with Crippen molar-refractivity contribution < 1.29 is 4.79 Å². The highest BCUT2D eigenvalue weighted by Crippen LogP contribution is 2.13. The van der Waals surface area contributed by atoms with Gasteiger partial charge in [-0.3, -0.25) is 0 Å². The fourth-order valence-electron chi connectivity index (χ4n) is 1.37. The highest BCUT2D eigenvalue weighted by Gasteiger charge is 2.10. The minimum Gasteiger partial charge on any atom is -0.211 e. The summed E-state index contributed by atoms with van der Waals surface area (Å²) in [6.07, 6.45) is 2.56. The Morgan fingerprint density at radius 3 is 2.50 bits per heavy atom. The molecule has 0 bridgehead atoms. The maximum atomic E-state index is 10.1. The van der Waals surface area contributed by atoms with Gasteiger partial charge in [0.2, 0.25) is 6.08 Å². The first-order valence-electron chi connectivity index (χ1n) is 4.85. The number of isocyanates is 1. The highest BCUT2D eigenvalue weighted by molar-refractivity contribution is 5.33. The van der Waals surface area contributed by atoms with Crippen LogP contribution in [0.25, 0.3) is 0 Å². The number of rotatable bonds is 4. The molecule has 2 unspecified atom stereocenters. The molecule has 0 aliphatic rings. The van der Waals surface area contributed by atoms with E-state index in [0.29, 0.717) is 5.92 Å². The summed E-state index contributed by atoms with van der Waals surface area (Å²) in [4.78, 5) is 13.8. The van der Waals surface area contributed by atoms with E-state index in [1.54, 1.807) is 6.08 Å². The van der Waals surface area contributed by atoms with Crippen LogP contribution in [0.5, 0.6) is 0 Å². The zero-order valence-electron chi connectivity index (χ0n) is 8.60. The summed E-state index contributed by atoms with van der Waals surface area (Å²) in [6, 6.07) is 10.3. The summed E-state index contributed by atoms with van der Waals surface area (Å²) in [5.41, 5.74) is 1.29. The predicted octanol–water partition coefficient (Wildman–Crippen LogP) is 2.59. The summed E-state index contributed by atoms with van der Waals surface area (Å²) in [5, 5.41) is 0. The lowest BCUT2D eigenvalue weighted by Gasteiger charge is -2.14. The molecule has 2 nitrogen and oxygen atoms in total. The Labute approximate surface area is 84.7 Å². The molecule has 0 spiro atoms. The summed E-state index contributed by atoms with van der Waals surface area (Å²) < 4.78 is 0. The number of nitrogens with zero attached hydrogens (tertiary/aromatic N) is 1. The van der Waals surface area contributed by atoms with Crippen molar-refractivity contribution in [2.24, 2.45) is 10.9 Å². The predicted molar refractivity (Wildman–Crippen MR) is 56.9 cm³/mol. The SMILES string of the molecule is CC(Cc1ccccc1)C(C)N=C=O. The Morgan fingerprint density at radius 2 is 1.93 bits per heavy atom. The van der Waals surface area contributed by atoms with Crippen LogP contribution >= 0.6 is 0 Å². The molecule has 1 aromatic carbocycles. The molecule has 0 heterocycles. The standard InChI is InChI=1S/C12H15NO/c1-10(11(2)13-9-14)8-12-6-4-3-5-7-12/h3-7,10-11H,8H2,1-2H3. The first kappa shape index (κ1) is 10.7. The van der Waals surface area contributed by atoms with Gasteiger partial charge in [0.1, 0.15) is 0 Å². The Balaban J connectivity index is 2.57. The third kappa shape index (κ3) is 3.15. The summed E-state index contributed by atoms with van der Waals surface area (Å²) >= 11 is 0. The molecule has 0 saturated heterocycles. The minimum atomic E-state index is 0.0488. The van der Waals surface area contributed by atoms with Crippen molar-refractivity contribution in [3.63, 3.8) is 0 Å². The Hall–Kier alpha value is -1.40. The fraction of sp³-hybridized carbons (Fsp3) is 0.417. The zero-order chi connectivity index (χ0) is 10.4. The van der Waals surface area contributed by atoms with Crippen molar-refractivity contribution in [1.82, 2.24) is 0 Å². The van der Waals surface area contributed by atoms with Crippen molar-refractivity contribution in [2.45, 2.75) is 26.3 Å². The van der Waals surface area contributed by atoms with Gasteiger partial charge >= 0.3 is 0 Å². The van der Waals surface area contributed by atoms with Crippen LogP contribution in [-0.4, -0.2) is 12.1 Å². The third-order valence-corrected chi connectivity index (χ3v) is 2.48. The quantitative estimate of drug-likeness (QED) is 0.528. The Bertz CT molecular complexity index is 314. The van der Waals surface area contributed by atoms with Gasteiger partial charge in [-0.25, -0.2) is 9.79 Å². The molecule has 2 heteroatoms. The van der Waals surface area contributed by atoms with Gasteiger partial charge in [-0.05, 0) is 24.8 Å². The molecule has 0 aromatic heterocycles. The summed E-state index contributed by atoms with van der Waals surface area (Å²) in [6.45, 7) is 4.04. The minimum absolute atomic E-state index is 0.0488. The lowest BCUT2D eigenvalue weighted by Crippen LogP contribution is -2.13. The Kier molecular flexibility index (Phi) is 4.09. The maximum absolute atomic E-state index is 10.1. The van der Waals surface area contributed by atoms with Crippen LogP contribution in [0.4, 0.5) is 0 Å². The van der Waals surface area contributed by atoms with E-state index in [0.717, 1.165) is 6.42 Å². The van der Waals surface area contributed by atoms with Crippen LogP contribution in [0.3, 0.4) is 0 Å². The number of hydrogen-bond donors (Lipinski definition) is 0. The first-order chi connectivity index (χ1) is 6.74. The van der Waals surface area contributed by atoms with E-state index in [2.05, 4.69) is 24.0 Å². The van der Waals surface area contributed by atoms with Gasteiger partial charge in [-0.1, -0.05) is 37.3 Å². The monoisotopic (exact) mass is 189 g/mol. The van der Waals surface area contributed by atoms with E-state index < -0.39 is 0 Å². The smallest absolute Gasteiger partial charge is 0.211 e. The number of carbonyl (C=O) groups excluding carboxylic acids is 1. The van der Waals surface area contributed by atoms with Gasteiger partial charge in [0, 0.05) is 0 Å². The number of hydrogen-bond acceptors (Lipinski definition) is 2. The first-order valence-corrected chi connectivity index (χ1v) is 4.85. The van der Waals surface area contributed by atoms with Gasteiger partial charge < -0.3 is 0 Å². The molecule has 0 aliphatic carbocycles. The van der Waals surface area contributed by atoms with Crippen LogP contribution in [0.1, 0.15) is 19.4 Å². The molecule has 1 rings (SSSR count). The second-order valence-electron chi connectivity index (χ2n) is 3.63. The van der Waals surface area contributed by atoms with Crippen LogP contribution in [0.15, 0.2) is 35.3 Å². The van der Waals surface area contributed by atoms with E-state index in [1.165, 1.54) is 5.56 Å². The molecule has 1 aromatic rings. The van der Waals surface area contributed by atoms with Crippen molar-refractivity contribution in [2.75, 3.05) is 0 Å². The topological polar surface area (TPSA) is 29.4 Å². The number of aliphatic imine (C=N–C) groups is 1. The second-order valence-corrected chi connectivity index (χ2v) is 3.63. The van der Waals surface area contributed by atoms with Crippen molar-refractivity contribution in [3.05, 3.63) is 35.9 Å². The average Bonchev–Trinajstić information content (AvgIpc) is 2.19. The van der Waals surface area contributed by atoms with Gasteiger partial charge in [0.25, 0.3) is 0 Å². The molecule has 0 aliphatic heterocycles. The fourth-order valence-corrected chi connectivity index (χ4v) is 1.37. The Morgan fingerprint density at radius 1 is 1.29 bits per heavy atom. The summed E-state index contributed by atoms with van der Waals surface area (Å²) in [7, 11) is 0. The lowest BCUT2D eigenvalue weighted by molar-refractivity contribution is 0.476. The second kappa shape index (κ2) is 5.36. The molecule has 0 radical (unpaired) electrons. The van der Waals surface area contributed by atoms with E-state index in [1.807, 2.05) is 25.1 Å². The highest BCUT2D eigenvalue weighted by atomic mass is 16.1. The van der Waals surface area contributed by atoms with Crippen molar-refractivity contribution >= 4 is 6.08 Å². The molecule has 74 valence electrons. The normalized spacial score (nSPS) is 14.1.